The van der Waals surface area contributed by atoms with Crippen molar-refractivity contribution in [1.29, 1.82) is 0 Å². The number of carbonyl (C=O) groups is 3. The molecular weight excluding hydrogens is 1480 g/mol. The minimum absolute atomic E-state index is 0.000463. The number of aryl methyl sites for hydroxylation is 1. The molecule has 0 bridgehead atoms. The van der Waals surface area contributed by atoms with Gasteiger partial charge in [0, 0.05) is 73.8 Å². The number of oxime groups is 1. The van der Waals surface area contributed by atoms with Gasteiger partial charge >= 0.3 is 11.9 Å². The second-order valence-electron chi connectivity index (χ2n) is 21.0. The molecule has 15 aromatic rings. The topological polar surface area (TPSA) is 410 Å². The first-order chi connectivity index (χ1) is 51.8. The largest absolute Gasteiger partial charge is 0.409 e. The van der Waals surface area contributed by atoms with Gasteiger partial charge in [0.2, 0.25) is 11.7 Å². The van der Waals surface area contributed by atoms with Gasteiger partial charge in [-0.25, -0.2) is 58.4 Å². The van der Waals surface area contributed by atoms with Crippen LogP contribution in [-0.4, -0.2) is 130 Å². The van der Waals surface area contributed by atoms with Gasteiger partial charge in [0.15, 0.2) is 56.4 Å². The highest BCUT2D eigenvalue weighted by Gasteiger charge is 2.13. The lowest BCUT2D eigenvalue weighted by atomic mass is 10.1. The Kier molecular flexibility index (Phi) is 31.0. The van der Waals surface area contributed by atoms with Gasteiger partial charge in [-0.2, -0.15) is 25.4 Å². The number of aliphatic hydroxyl groups excluding tert-OH is 1. The van der Waals surface area contributed by atoms with Crippen LogP contribution in [0.1, 0.15) is 42.6 Å². The van der Waals surface area contributed by atoms with Crippen molar-refractivity contribution >= 4 is 108 Å². The zero-order valence-corrected chi connectivity index (χ0v) is 60.1. The Hall–Kier alpha value is -13.9. The Balaban J connectivity index is 0.000000176. The van der Waals surface area contributed by atoms with Crippen LogP contribution in [0.3, 0.4) is 0 Å². The monoisotopic (exact) mass is 1540 g/mol. The van der Waals surface area contributed by atoms with E-state index in [2.05, 4.69) is 107 Å². The molecule has 31 nitrogen and oxygen atoms in total. The normalized spacial score (nSPS) is 10.1. The fourth-order valence-electron chi connectivity index (χ4n) is 8.86. The number of hydrogen-bond donors (Lipinski definition) is 6. The lowest BCUT2D eigenvalue weighted by molar-refractivity contribution is -0.156. The van der Waals surface area contributed by atoms with Gasteiger partial charge in [0.05, 0.1) is 72.6 Å². The van der Waals surface area contributed by atoms with E-state index < -0.39 is 11.9 Å². The molecule has 538 valence electrons. The fourth-order valence-corrected chi connectivity index (χ4v) is 9.43. The van der Waals surface area contributed by atoms with Crippen LogP contribution in [0.5, 0.6) is 0 Å². The molecule has 107 heavy (non-hydrogen) atoms. The Morgan fingerprint density at radius 3 is 1.36 bits per heavy atom. The molecule has 0 saturated heterocycles. The summed E-state index contributed by atoms with van der Waals surface area (Å²) in [6, 6.07) is 54.6. The second-order valence-corrected chi connectivity index (χ2v) is 22.3. The molecule has 9 N–H and O–H groups in total. The number of esters is 2. The molecule has 0 aliphatic carbocycles. The third-order valence-corrected chi connectivity index (χ3v) is 14.3. The molecule has 5 aromatic carbocycles. The van der Waals surface area contributed by atoms with E-state index in [-0.39, 0.29) is 18.2 Å². The number of nitrogen functional groups attached to an aromatic ring is 1. The molecular formula is C73H62BrCl2N23O8. The maximum atomic E-state index is 11.1. The van der Waals surface area contributed by atoms with Gasteiger partial charge < -0.3 is 36.2 Å². The third kappa shape index (κ3) is 24.4. The maximum Gasteiger partial charge on any atom is 0.310 e. The summed E-state index contributed by atoms with van der Waals surface area (Å²) < 4.78 is 15.8. The van der Waals surface area contributed by atoms with E-state index in [0.29, 0.717) is 61.4 Å². The Morgan fingerprint density at radius 2 is 0.953 bits per heavy atom. The minimum atomic E-state index is -0.562. The van der Waals surface area contributed by atoms with Crippen LogP contribution >= 0.6 is 39.1 Å². The Bertz CT molecular complexity index is 5500. The van der Waals surface area contributed by atoms with Crippen molar-refractivity contribution in [2.75, 3.05) is 17.7 Å². The van der Waals surface area contributed by atoms with E-state index in [1.807, 2.05) is 128 Å². The molecule has 0 atom stereocenters. The van der Waals surface area contributed by atoms with E-state index in [4.69, 9.17) is 74.4 Å². The summed E-state index contributed by atoms with van der Waals surface area (Å²) in [5.41, 5.74) is 24.7. The highest BCUT2D eigenvalue weighted by Crippen LogP contribution is 2.28. The number of halogens is 3. The van der Waals surface area contributed by atoms with Crippen LogP contribution in [0.25, 0.3) is 93.5 Å². The molecule has 0 aliphatic heterocycles. The molecule has 10 aromatic heterocycles. The molecule has 0 fully saturated rings. The molecule has 0 amide bonds. The van der Waals surface area contributed by atoms with E-state index in [1.165, 1.54) is 13.8 Å². The summed E-state index contributed by atoms with van der Waals surface area (Å²) in [6.45, 7) is 26.8. The highest BCUT2D eigenvalue weighted by atomic mass is 79.9. The molecule has 0 radical (unpaired) electrons. The summed E-state index contributed by atoms with van der Waals surface area (Å²) >= 11 is 14.3. The number of carbonyl (C=O) groups excluding carboxylic acids is 3. The number of hydrogen-bond acceptors (Lipinski definition) is 23. The SMILES string of the molecule is CC(=O)OC(C)=O.CCO.Cc1nc(-c2cccc(-c3cn4ncccc4n3)c2)no1.N/C(=N\O)c1cccc(-c2cn3ncccc3n2)c1.NO.Nc1ccc(Cl)nn1.[C-]#[N+]c1cccc(-c2cn3nc(Cl)ccc3n2)c1.[C-]#[N+]c1cccc(-c2cn3ncccc3n2)c1.[C-]#[N+]c1cccc(C(=O)CBr)c1. The van der Waals surface area contributed by atoms with Crippen molar-refractivity contribution in [1.82, 2.24) is 78.7 Å². The van der Waals surface area contributed by atoms with Crippen LogP contribution in [0.4, 0.5) is 22.9 Å². The minimum Gasteiger partial charge on any atom is -0.409 e. The number of aromatic nitrogens is 16. The predicted molar refractivity (Wildman–Crippen MR) is 405 cm³/mol. The van der Waals surface area contributed by atoms with Gasteiger partial charge in [0.1, 0.15) is 11.0 Å². The van der Waals surface area contributed by atoms with Crippen molar-refractivity contribution in [2.24, 2.45) is 16.8 Å². The standard InChI is InChI=1S/C15H11N5O.C13H7ClN4.C13H11N5O.C13H8N4.C9H6BrNO.C4H4ClN3.C4H6O3.C2H6O.H3NO/c1-10-17-15(19-21-10)12-5-2-4-11(8-12)13-9-20-14(18-13)6-3-7-16-20;1-15-10-4-2-3-9(7-10)11-8-18-13(16-11)6-5-12(14)17-18;14-13(17-19)10-4-1-3-9(7-10)11-8-18-12(16-11)5-2-6-15-18;1-14-11-5-2-4-10(8-11)12-9-17-13(16-12)6-3-7-15-17;1-11-8-4-2-3-7(5-8)9(12)6-10;5-3-1-2-4(6)8-7-3;1-3(5)7-4(2)6;1-2-3;1-2/h2-9H,1H3;2-8H;1-8,19H,(H2,14,17);2-9H;2-5H,6H2;1-2H,(H2,6,8);1-2H3;3H,2H2,1H3;2H,1H2. The van der Waals surface area contributed by atoms with Crippen LogP contribution < -0.4 is 17.4 Å². The van der Waals surface area contributed by atoms with Crippen LogP contribution in [0, 0.1) is 26.6 Å². The van der Waals surface area contributed by atoms with Crippen molar-refractivity contribution in [3.05, 3.63) is 287 Å². The van der Waals surface area contributed by atoms with Gasteiger partial charge in [0.25, 0.3) is 0 Å². The average molecular weight is 1540 g/mol. The Labute approximate surface area is 628 Å². The molecule has 0 aliphatic rings. The first-order valence-electron chi connectivity index (χ1n) is 31.1. The molecule has 0 unspecified atom stereocenters. The second kappa shape index (κ2) is 41.3. The molecule has 0 spiro atoms. The number of imidazole rings is 4. The fraction of sp³-hybridized carbons (Fsp3) is 0.0822. The number of alkyl halides is 1. The number of rotatable bonds is 8. The summed E-state index contributed by atoms with van der Waals surface area (Å²) in [6.07, 6.45) is 12.5. The highest BCUT2D eigenvalue weighted by molar-refractivity contribution is 9.09. The molecule has 10 heterocycles. The van der Waals surface area contributed by atoms with E-state index in [0.717, 1.165) is 73.2 Å². The van der Waals surface area contributed by atoms with Crippen molar-refractivity contribution in [3.63, 3.8) is 0 Å². The quantitative estimate of drug-likeness (QED) is 0.00947. The van der Waals surface area contributed by atoms with Crippen molar-refractivity contribution < 1.29 is 39.2 Å². The van der Waals surface area contributed by atoms with Crippen LogP contribution in [0.15, 0.2) is 235 Å². The smallest absolute Gasteiger partial charge is 0.310 e. The summed E-state index contributed by atoms with van der Waals surface area (Å²) in [5, 5.41) is 54.4. The van der Waals surface area contributed by atoms with E-state index in [1.54, 1.807) is 129 Å². The maximum absolute atomic E-state index is 11.1. The first kappa shape index (κ1) is 80.4. The number of fused-ring (bicyclic) bond motifs is 4. The zero-order valence-electron chi connectivity index (χ0n) is 57.0. The molecule has 0 saturated carbocycles. The summed E-state index contributed by atoms with van der Waals surface area (Å²) in [5.74, 6) is 3.96. The predicted octanol–water partition coefficient (Wildman–Crippen LogP) is 13.7. The van der Waals surface area contributed by atoms with Gasteiger partial charge in [-0.1, -0.05) is 140 Å². The van der Waals surface area contributed by atoms with Gasteiger partial charge in [-0.05, 0) is 109 Å². The van der Waals surface area contributed by atoms with Crippen LogP contribution in [-0.2, 0) is 14.3 Å². The summed E-state index contributed by atoms with van der Waals surface area (Å²) in [4.78, 5) is 63.0. The number of nitrogens with zero attached hydrogens (tertiary/aromatic N) is 20. The number of Topliss-reactive ketones (excluding diaryl/α,β-unsaturated/α-hetero) is 1. The number of amidine groups is 1. The number of ketones is 1. The van der Waals surface area contributed by atoms with Gasteiger partial charge in [-0.15, -0.1) is 10.2 Å². The lowest BCUT2D eigenvalue weighted by Crippen LogP contribution is -2.12. The van der Waals surface area contributed by atoms with Crippen molar-refractivity contribution in [2.45, 2.75) is 27.7 Å². The number of nitrogens with two attached hydrogens (primary N) is 3. The first-order valence-corrected chi connectivity index (χ1v) is 32.9. The third-order valence-electron chi connectivity index (χ3n) is 13.4. The zero-order chi connectivity index (χ0) is 77.2. The number of benzene rings is 5. The van der Waals surface area contributed by atoms with E-state index >= 15 is 0 Å². The summed E-state index contributed by atoms with van der Waals surface area (Å²) in [7, 11) is 0. The average Bonchev–Trinajstić information content (AvgIpc) is 1.70. The van der Waals surface area contributed by atoms with Crippen molar-refractivity contribution in [3.8, 4) is 56.4 Å². The Morgan fingerprint density at radius 1 is 0.542 bits per heavy atom. The lowest BCUT2D eigenvalue weighted by Gasteiger charge is -2.01. The van der Waals surface area contributed by atoms with E-state index in [9.17, 15) is 14.4 Å². The number of ether oxygens (including phenoxy) is 1. The number of anilines is 1. The van der Waals surface area contributed by atoms with Crippen LogP contribution in [0.2, 0.25) is 10.3 Å². The molecule has 15 rings (SSSR count). The molecule has 34 heteroatoms. The number of aliphatic hydroxyl groups is 1. The van der Waals surface area contributed by atoms with Gasteiger partial charge in [-0.3, -0.25) is 14.4 Å².